The summed E-state index contributed by atoms with van der Waals surface area (Å²) in [7, 11) is 1.53. The molecule has 0 N–H and O–H groups in total. The van der Waals surface area contributed by atoms with Crippen LogP contribution in [0.1, 0.15) is 33.3 Å². The van der Waals surface area contributed by atoms with E-state index >= 15 is 0 Å². The van der Waals surface area contributed by atoms with Gasteiger partial charge in [-0.15, -0.1) is 0 Å². The molecule has 1 saturated heterocycles. The molecule has 1 aliphatic rings. The second kappa shape index (κ2) is 9.87. The molecule has 0 unspecified atom stereocenters. The van der Waals surface area contributed by atoms with Gasteiger partial charge in [-0.1, -0.05) is 11.6 Å². The summed E-state index contributed by atoms with van der Waals surface area (Å²) in [5.74, 6) is 0.870. The molecule has 2 amide bonds. The maximum absolute atomic E-state index is 12.5. The maximum Gasteiger partial charge on any atom is 0.410 e. The van der Waals surface area contributed by atoms with Gasteiger partial charge < -0.3 is 24.0 Å². The lowest BCUT2D eigenvalue weighted by atomic mass is 10.1. The number of carbonyl (C=O) groups is 2. The van der Waals surface area contributed by atoms with Crippen LogP contribution in [0.2, 0.25) is 5.02 Å². The molecule has 1 fully saturated rings. The fourth-order valence-corrected chi connectivity index (χ4v) is 3.15. The molecule has 1 aromatic carbocycles. The minimum absolute atomic E-state index is 0.126. The number of hydrogen-bond acceptors (Lipinski definition) is 5. The SMILES string of the molecule is CCOc1cc(/C=C/C(=O)N2CCN(C(=O)OC(C)(C)C)CC2)cc(Cl)c1OC. The monoisotopic (exact) mass is 424 g/mol. The van der Waals surface area contributed by atoms with Gasteiger partial charge in [-0.05, 0) is 51.5 Å². The topological polar surface area (TPSA) is 68.3 Å². The number of rotatable bonds is 5. The molecule has 8 heteroatoms. The van der Waals surface area contributed by atoms with Gasteiger partial charge in [0.25, 0.3) is 0 Å². The van der Waals surface area contributed by atoms with E-state index in [2.05, 4.69) is 0 Å². The summed E-state index contributed by atoms with van der Waals surface area (Å²) in [5.41, 5.74) is 0.201. The van der Waals surface area contributed by atoms with E-state index in [1.54, 1.807) is 28.0 Å². The predicted octanol–water partition coefficient (Wildman–Crippen LogP) is 3.84. The van der Waals surface area contributed by atoms with Crippen LogP contribution in [0, 0.1) is 0 Å². The summed E-state index contributed by atoms with van der Waals surface area (Å²) < 4.78 is 16.2. The van der Waals surface area contributed by atoms with E-state index in [0.29, 0.717) is 49.3 Å². The Kier molecular flexibility index (Phi) is 7.79. The van der Waals surface area contributed by atoms with Crippen LogP contribution in [-0.2, 0) is 9.53 Å². The van der Waals surface area contributed by atoms with Crippen LogP contribution in [-0.4, -0.2) is 67.3 Å². The Labute approximate surface area is 177 Å². The summed E-state index contributed by atoms with van der Waals surface area (Å²) in [4.78, 5) is 28.0. The number of halogens is 1. The Balaban J connectivity index is 1.98. The van der Waals surface area contributed by atoms with Gasteiger partial charge in [-0.25, -0.2) is 4.79 Å². The van der Waals surface area contributed by atoms with Crippen LogP contribution in [0.4, 0.5) is 4.79 Å². The highest BCUT2D eigenvalue weighted by Crippen LogP contribution is 2.36. The van der Waals surface area contributed by atoms with Crippen molar-refractivity contribution in [2.24, 2.45) is 0 Å². The zero-order chi connectivity index (χ0) is 21.6. The highest BCUT2D eigenvalue weighted by molar-refractivity contribution is 6.32. The van der Waals surface area contributed by atoms with Crippen LogP contribution in [0.3, 0.4) is 0 Å². The molecule has 29 heavy (non-hydrogen) atoms. The summed E-state index contributed by atoms with van der Waals surface area (Å²) in [6.45, 7) is 9.63. The van der Waals surface area contributed by atoms with Crippen molar-refractivity contribution >= 4 is 29.7 Å². The minimum Gasteiger partial charge on any atom is -0.491 e. The van der Waals surface area contributed by atoms with Gasteiger partial charge in [0, 0.05) is 32.3 Å². The molecule has 0 aliphatic carbocycles. The second-order valence-electron chi connectivity index (χ2n) is 7.59. The van der Waals surface area contributed by atoms with E-state index in [1.165, 1.54) is 13.2 Å². The number of ether oxygens (including phenoxy) is 3. The number of amides is 2. The molecular weight excluding hydrogens is 396 g/mol. The van der Waals surface area contributed by atoms with E-state index in [-0.39, 0.29) is 12.0 Å². The Morgan fingerprint density at radius 1 is 1.14 bits per heavy atom. The Morgan fingerprint density at radius 3 is 2.31 bits per heavy atom. The molecule has 0 aromatic heterocycles. The molecule has 0 saturated carbocycles. The zero-order valence-electron chi connectivity index (χ0n) is 17.7. The number of carbonyl (C=O) groups excluding carboxylic acids is 2. The number of methoxy groups -OCH3 is 1. The molecular formula is C21H29ClN2O5. The highest BCUT2D eigenvalue weighted by atomic mass is 35.5. The summed E-state index contributed by atoms with van der Waals surface area (Å²) in [6.07, 6.45) is 2.84. The lowest BCUT2D eigenvalue weighted by Crippen LogP contribution is -2.51. The molecule has 1 aliphatic heterocycles. The second-order valence-corrected chi connectivity index (χ2v) is 8.00. The normalized spacial score (nSPS) is 14.8. The smallest absolute Gasteiger partial charge is 0.410 e. The van der Waals surface area contributed by atoms with E-state index in [9.17, 15) is 9.59 Å². The highest BCUT2D eigenvalue weighted by Gasteiger charge is 2.27. The average Bonchev–Trinajstić information content (AvgIpc) is 2.65. The summed E-state index contributed by atoms with van der Waals surface area (Å²) in [5, 5.41) is 0.413. The van der Waals surface area contributed by atoms with Gasteiger partial charge in [0.1, 0.15) is 5.60 Å². The lowest BCUT2D eigenvalue weighted by molar-refractivity contribution is -0.127. The van der Waals surface area contributed by atoms with Crippen molar-refractivity contribution in [2.45, 2.75) is 33.3 Å². The zero-order valence-corrected chi connectivity index (χ0v) is 18.4. The van der Waals surface area contributed by atoms with Crippen LogP contribution in [0.15, 0.2) is 18.2 Å². The molecule has 1 aromatic rings. The van der Waals surface area contributed by atoms with Gasteiger partial charge >= 0.3 is 6.09 Å². The number of benzene rings is 1. The first-order chi connectivity index (χ1) is 13.6. The Bertz CT molecular complexity index is 765. The Morgan fingerprint density at radius 2 is 1.76 bits per heavy atom. The largest absolute Gasteiger partial charge is 0.491 e. The maximum atomic E-state index is 12.5. The van der Waals surface area contributed by atoms with Crippen LogP contribution in [0.5, 0.6) is 11.5 Å². The van der Waals surface area contributed by atoms with Crippen molar-refractivity contribution < 1.29 is 23.8 Å². The number of piperazine rings is 1. The van der Waals surface area contributed by atoms with Crippen molar-refractivity contribution in [3.05, 3.63) is 28.8 Å². The predicted molar refractivity (Wildman–Crippen MR) is 113 cm³/mol. The van der Waals surface area contributed by atoms with Gasteiger partial charge in [-0.2, -0.15) is 0 Å². The Hall–Kier alpha value is -2.41. The van der Waals surface area contributed by atoms with Crippen molar-refractivity contribution in [1.82, 2.24) is 9.80 Å². The van der Waals surface area contributed by atoms with Crippen molar-refractivity contribution in [1.29, 1.82) is 0 Å². The van der Waals surface area contributed by atoms with Gasteiger partial charge in [-0.3, -0.25) is 4.79 Å². The minimum atomic E-state index is -0.535. The molecule has 0 radical (unpaired) electrons. The molecule has 0 atom stereocenters. The molecule has 7 nitrogen and oxygen atoms in total. The van der Waals surface area contributed by atoms with E-state index in [0.717, 1.165) is 5.56 Å². The standard InChI is InChI=1S/C21H29ClN2O5/c1-6-28-17-14-15(13-16(22)19(17)27-5)7-8-18(25)23-9-11-24(12-10-23)20(26)29-21(2,3)4/h7-8,13-14H,6,9-12H2,1-5H3/b8-7+. The summed E-state index contributed by atoms with van der Waals surface area (Å²) >= 11 is 6.24. The third kappa shape index (κ3) is 6.56. The van der Waals surface area contributed by atoms with Crippen LogP contribution < -0.4 is 9.47 Å². The molecule has 0 spiro atoms. The van der Waals surface area contributed by atoms with E-state index < -0.39 is 5.60 Å². The third-order valence-electron chi connectivity index (χ3n) is 4.20. The van der Waals surface area contributed by atoms with Gasteiger partial charge in [0.05, 0.1) is 18.7 Å². The number of hydrogen-bond donors (Lipinski definition) is 0. The van der Waals surface area contributed by atoms with Crippen LogP contribution >= 0.6 is 11.6 Å². The fourth-order valence-electron chi connectivity index (χ4n) is 2.85. The van der Waals surface area contributed by atoms with Gasteiger partial charge in [0.2, 0.25) is 5.91 Å². The van der Waals surface area contributed by atoms with E-state index in [1.807, 2.05) is 27.7 Å². The van der Waals surface area contributed by atoms with Gasteiger partial charge in [0.15, 0.2) is 11.5 Å². The quantitative estimate of drug-likeness (QED) is 0.672. The molecule has 1 heterocycles. The average molecular weight is 425 g/mol. The first kappa shape index (κ1) is 22.9. The first-order valence-corrected chi connectivity index (χ1v) is 9.97. The fraction of sp³-hybridized carbons (Fsp3) is 0.524. The van der Waals surface area contributed by atoms with Crippen molar-refractivity contribution in [2.75, 3.05) is 39.9 Å². The number of nitrogens with zero attached hydrogens (tertiary/aromatic N) is 2. The molecule has 2 rings (SSSR count). The van der Waals surface area contributed by atoms with Crippen molar-refractivity contribution in [3.63, 3.8) is 0 Å². The summed E-state index contributed by atoms with van der Waals surface area (Å²) in [6, 6.07) is 3.49. The third-order valence-corrected chi connectivity index (χ3v) is 4.48. The first-order valence-electron chi connectivity index (χ1n) is 9.60. The molecule has 160 valence electrons. The van der Waals surface area contributed by atoms with Crippen molar-refractivity contribution in [3.8, 4) is 11.5 Å². The van der Waals surface area contributed by atoms with Crippen LogP contribution in [0.25, 0.3) is 6.08 Å². The van der Waals surface area contributed by atoms with E-state index in [4.69, 9.17) is 25.8 Å². The molecule has 0 bridgehead atoms. The lowest BCUT2D eigenvalue weighted by Gasteiger charge is -2.35.